The van der Waals surface area contributed by atoms with Crippen LogP contribution in [0.1, 0.15) is 120 Å². The fraction of sp³-hybridized carbons (Fsp3) is 0.667. The van der Waals surface area contributed by atoms with Gasteiger partial charge in [-0.1, -0.05) is 49.7 Å². The van der Waals surface area contributed by atoms with Gasteiger partial charge in [-0.05, 0) is 142 Å². The number of rotatable bonds is 8. The first-order valence-electron chi connectivity index (χ1n) is 16.3. The highest BCUT2D eigenvalue weighted by atomic mass is 19.1. The van der Waals surface area contributed by atoms with Crippen LogP contribution in [-0.4, -0.2) is 23.9 Å². The SMILES string of the molecule is CCCC(O)C1CCC(C2CCC(c3ccc(-c4ccc(C5CCC(C6CO6)CC5)cc4)c(F)c3)CC2)CC1. The van der Waals surface area contributed by atoms with Crippen LogP contribution < -0.4 is 0 Å². The maximum absolute atomic E-state index is 15.4. The summed E-state index contributed by atoms with van der Waals surface area (Å²) >= 11 is 0. The Morgan fingerprint density at radius 1 is 0.744 bits per heavy atom. The van der Waals surface area contributed by atoms with Gasteiger partial charge in [-0.25, -0.2) is 4.39 Å². The Morgan fingerprint density at radius 3 is 1.85 bits per heavy atom. The molecule has 2 aromatic rings. The molecule has 4 fully saturated rings. The lowest BCUT2D eigenvalue weighted by atomic mass is 9.67. The minimum atomic E-state index is -0.0879. The lowest BCUT2D eigenvalue weighted by molar-refractivity contribution is 0.0528. The fourth-order valence-electron chi connectivity index (χ4n) is 8.56. The van der Waals surface area contributed by atoms with Gasteiger partial charge in [0.25, 0.3) is 0 Å². The van der Waals surface area contributed by atoms with E-state index in [1.165, 1.54) is 88.2 Å². The number of aliphatic hydroxyl groups is 1. The average molecular weight is 533 g/mol. The molecular weight excluding hydrogens is 483 g/mol. The van der Waals surface area contributed by atoms with Gasteiger partial charge in [0.1, 0.15) is 5.82 Å². The van der Waals surface area contributed by atoms with Crippen LogP contribution in [0.25, 0.3) is 11.1 Å². The molecule has 3 saturated carbocycles. The van der Waals surface area contributed by atoms with E-state index in [1.807, 2.05) is 12.1 Å². The van der Waals surface area contributed by atoms with Crippen LogP contribution in [-0.2, 0) is 4.74 Å². The van der Waals surface area contributed by atoms with Crippen molar-refractivity contribution in [1.29, 1.82) is 0 Å². The van der Waals surface area contributed by atoms with Gasteiger partial charge in [-0.2, -0.15) is 0 Å². The zero-order valence-corrected chi connectivity index (χ0v) is 24.0. The smallest absolute Gasteiger partial charge is 0.131 e. The van der Waals surface area contributed by atoms with Crippen LogP contribution in [0.3, 0.4) is 0 Å². The summed E-state index contributed by atoms with van der Waals surface area (Å²) in [5, 5.41) is 10.4. The van der Waals surface area contributed by atoms with E-state index in [4.69, 9.17) is 4.74 Å². The molecule has 1 saturated heterocycles. The molecule has 212 valence electrons. The summed E-state index contributed by atoms with van der Waals surface area (Å²) in [6, 6.07) is 14.8. The lowest BCUT2D eigenvalue weighted by Crippen LogP contribution is -2.30. The molecule has 1 aliphatic heterocycles. The van der Waals surface area contributed by atoms with Crippen molar-refractivity contribution in [1.82, 2.24) is 0 Å². The summed E-state index contributed by atoms with van der Waals surface area (Å²) in [5.41, 5.74) is 4.32. The van der Waals surface area contributed by atoms with E-state index in [1.54, 1.807) is 0 Å². The summed E-state index contributed by atoms with van der Waals surface area (Å²) in [5.74, 6) is 4.01. The molecule has 2 nitrogen and oxygen atoms in total. The van der Waals surface area contributed by atoms with Crippen LogP contribution in [0.2, 0.25) is 0 Å². The molecule has 4 aliphatic rings. The van der Waals surface area contributed by atoms with Gasteiger partial charge in [0.15, 0.2) is 0 Å². The van der Waals surface area contributed by atoms with Crippen LogP contribution in [0, 0.1) is 29.5 Å². The number of hydrogen-bond donors (Lipinski definition) is 1. The second-order valence-electron chi connectivity index (χ2n) is 13.5. The van der Waals surface area contributed by atoms with Gasteiger partial charge >= 0.3 is 0 Å². The highest BCUT2D eigenvalue weighted by Gasteiger charge is 2.36. The highest BCUT2D eigenvalue weighted by molar-refractivity contribution is 5.65. The minimum Gasteiger partial charge on any atom is -0.393 e. The van der Waals surface area contributed by atoms with Crippen molar-refractivity contribution in [2.45, 2.75) is 121 Å². The van der Waals surface area contributed by atoms with E-state index in [2.05, 4.69) is 37.3 Å². The molecular formula is C36H49FO2. The quantitative estimate of drug-likeness (QED) is 0.344. The third kappa shape index (κ3) is 6.46. The van der Waals surface area contributed by atoms with Crippen LogP contribution in [0.5, 0.6) is 0 Å². The van der Waals surface area contributed by atoms with Crippen molar-refractivity contribution in [2.75, 3.05) is 6.61 Å². The Labute approximate surface area is 235 Å². The maximum atomic E-state index is 15.4. The molecule has 0 amide bonds. The van der Waals surface area contributed by atoms with Crippen LogP contribution >= 0.6 is 0 Å². The van der Waals surface area contributed by atoms with Crippen molar-refractivity contribution in [3.63, 3.8) is 0 Å². The van der Waals surface area contributed by atoms with E-state index in [9.17, 15) is 5.11 Å². The molecule has 1 N–H and O–H groups in total. The summed E-state index contributed by atoms with van der Waals surface area (Å²) < 4.78 is 20.9. The molecule has 0 spiro atoms. The summed E-state index contributed by atoms with van der Waals surface area (Å²) in [6.45, 7) is 3.14. The second kappa shape index (κ2) is 12.4. The maximum Gasteiger partial charge on any atom is 0.131 e. The number of ether oxygens (including phenoxy) is 1. The Bertz CT molecular complexity index is 1050. The first kappa shape index (κ1) is 27.5. The molecule has 2 unspecified atom stereocenters. The molecule has 3 aliphatic carbocycles. The van der Waals surface area contributed by atoms with Gasteiger partial charge < -0.3 is 9.84 Å². The highest BCUT2D eigenvalue weighted by Crippen LogP contribution is 2.45. The summed E-state index contributed by atoms with van der Waals surface area (Å²) in [7, 11) is 0. The summed E-state index contributed by atoms with van der Waals surface area (Å²) in [6.07, 6.45) is 17.5. The molecule has 2 atom stereocenters. The van der Waals surface area contributed by atoms with E-state index < -0.39 is 0 Å². The topological polar surface area (TPSA) is 32.8 Å². The van der Waals surface area contributed by atoms with Gasteiger partial charge in [-0.3, -0.25) is 0 Å². The van der Waals surface area contributed by atoms with E-state index in [0.29, 0.717) is 23.9 Å². The Morgan fingerprint density at radius 2 is 1.28 bits per heavy atom. The zero-order valence-electron chi connectivity index (χ0n) is 24.0. The average Bonchev–Trinajstić information content (AvgIpc) is 3.84. The van der Waals surface area contributed by atoms with Crippen molar-refractivity contribution in [3.05, 3.63) is 59.4 Å². The largest absolute Gasteiger partial charge is 0.393 e. The number of aliphatic hydroxyl groups excluding tert-OH is 1. The summed E-state index contributed by atoms with van der Waals surface area (Å²) in [4.78, 5) is 0. The van der Waals surface area contributed by atoms with Crippen molar-refractivity contribution in [2.24, 2.45) is 23.7 Å². The molecule has 2 aromatic carbocycles. The molecule has 0 bridgehead atoms. The molecule has 3 heteroatoms. The standard InChI is InChI=1S/C36H49FO2/c1-2-3-35(38)30-16-10-26(11-17-30)24-4-6-28(7-5-24)32-20-21-33(34(37)22-32)29-14-8-25(9-15-29)27-12-18-31(19-13-27)36-23-39-36/h8-9,14-15,20-22,24,26-28,30-31,35-36,38H,2-7,10-13,16-19,23H2,1H3. The van der Waals surface area contributed by atoms with E-state index in [-0.39, 0.29) is 11.9 Å². The van der Waals surface area contributed by atoms with E-state index >= 15 is 4.39 Å². The predicted molar refractivity (Wildman–Crippen MR) is 157 cm³/mol. The molecule has 39 heavy (non-hydrogen) atoms. The molecule has 0 aromatic heterocycles. The monoisotopic (exact) mass is 532 g/mol. The third-order valence-corrected chi connectivity index (χ3v) is 11.2. The first-order chi connectivity index (χ1) is 19.1. The molecule has 1 heterocycles. The van der Waals surface area contributed by atoms with Gasteiger partial charge in [-0.15, -0.1) is 0 Å². The Hall–Kier alpha value is -1.71. The number of epoxide rings is 1. The van der Waals surface area contributed by atoms with E-state index in [0.717, 1.165) is 48.3 Å². The number of benzene rings is 2. The Kier molecular flexibility index (Phi) is 8.75. The number of hydrogen-bond acceptors (Lipinski definition) is 2. The zero-order chi connectivity index (χ0) is 26.8. The van der Waals surface area contributed by atoms with Crippen LogP contribution in [0.4, 0.5) is 4.39 Å². The van der Waals surface area contributed by atoms with Gasteiger partial charge in [0.05, 0.1) is 18.8 Å². The molecule has 6 rings (SSSR count). The van der Waals surface area contributed by atoms with Crippen molar-refractivity contribution >= 4 is 0 Å². The number of halogens is 1. The Balaban J connectivity index is 1.00. The predicted octanol–water partition coefficient (Wildman–Crippen LogP) is 9.41. The van der Waals surface area contributed by atoms with Crippen molar-refractivity contribution < 1.29 is 14.2 Å². The lowest BCUT2D eigenvalue weighted by Gasteiger charge is -2.39. The molecule has 0 radical (unpaired) electrons. The third-order valence-electron chi connectivity index (χ3n) is 11.2. The van der Waals surface area contributed by atoms with Gasteiger partial charge in [0, 0.05) is 5.56 Å². The normalized spacial score (nSPS) is 34.0. The fourth-order valence-corrected chi connectivity index (χ4v) is 8.56. The van der Waals surface area contributed by atoms with Crippen molar-refractivity contribution in [3.8, 4) is 11.1 Å². The van der Waals surface area contributed by atoms with Crippen LogP contribution in [0.15, 0.2) is 42.5 Å². The second-order valence-corrected chi connectivity index (χ2v) is 13.5. The van der Waals surface area contributed by atoms with Gasteiger partial charge in [0.2, 0.25) is 0 Å². The first-order valence-corrected chi connectivity index (χ1v) is 16.3. The minimum absolute atomic E-state index is 0.0729.